The van der Waals surface area contributed by atoms with Gasteiger partial charge in [0.2, 0.25) is 11.8 Å². The van der Waals surface area contributed by atoms with Gasteiger partial charge in [0.1, 0.15) is 6.04 Å². The molecule has 33 heavy (non-hydrogen) atoms. The molecule has 9 nitrogen and oxygen atoms in total. The number of nitrogens with zero attached hydrogens (tertiary/aromatic N) is 5. The summed E-state index contributed by atoms with van der Waals surface area (Å²) in [6.07, 6.45) is 1.59. The second-order valence-electron chi connectivity index (χ2n) is 8.98. The highest BCUT2D eigenvalue weighted by Gasteiger charge is 2.52. The van der Waals surface area contributed by atoms with Crippen molar-refractivity contribution >= 4 is 46.1 Å². The molecule has 1 aromatic heterocycles. The molecule has 0 radical (unpaired) electrons. The number of rotatable bonds is 4. The van der Waals surface area contributed by atoms with Crippen molar-refractivity contribution in [3.63, 3.8) is 0 Å². The van der Waals surface area contributed by atoms with Gasteiger partial charge in [0, 0.05) is 61.5 Å². The van der Waals surface area contributed by atoms with Crippen LogP contribution >= 0.6 is 11.8 Å². The molecule has 3 fully saturated rings. The van der Waals surface area contributed by atoms with Crippen molar-refractivity contribution in [3.8, 4) is 6.07 Å². The first-order valence-corrected chi connectivity index (χ1v) is 12.0. The number of fused-ring (bicyclic) bond motifs is 1. The smallest absolute Gasteiger partial charge is 0.252 e. The minimum Gasteiger partial charge on any atom is -0.370 e. The molecule has 3 aliphatic heterocycles. The topological polar surface area (TPSA) is 110 Å². The second-order valence-corrected chi connectivity index (χ2v) is 9.98. The van der Waals surface area contributed by atoms with Crippen LogP contribution in [0.25, 0.3) is 10.9 Å². The molecule has 1 N–H and O–H groups in total. The van der Waals surface area contributed by atoms with Crippen molar-refractivity contribution in [2.75, 3.05) is 49.3 Å². The summed E-state index contributed by atoms with van der Waals surface area (Å²) < 4.78 is 0. The summed E-state index contributed by atoms with van der Waals surface area (Å²) in [6.45, 7) is 4.82. The number of hydrogen-bond donors (Lipinski definition) is 1. The zero-order valence-electron chi connectivity index (χ0n) is 18.3. The van der Waals surface area contributed by atoms with Gasteiger partial charge in [-0.15, -0.1) is 11.8 Å². The molecule has 3 saturated heterocycles. The van der Waals surface area contributed by atoms with Crippen LogP contribution in [0, 0.1) is 16.7 Å². The lowest BCUT2D eigenvalue weighted by Crippen LogP contribution is -2.72. The number of carbonyl (C=O) groups is 3. The van der Waals surface area contributed by atoms with E-state index in [1.165, 1.54) is 16.7 Å². The van der Waals surface area contributed by atoms with Crippen LogP contribution in [-0.4, -0.2) is 82.9 Å². The molecular weight excluding hydrogens is 440 g/mol. The molecule has 3 amide bonds. The number of aromatic nitrogens is 1. The first-order valence-electron chi connectivity index (χ1n) is 10.8. The van der Waals surface area contributed by atoms with Crippen LogP contribution in [0.2, 0.25) is 0 Å². The Kier molecular flexibility index (Phi) is 5.37. The first kappa shape index (κ1) is 21.5. The molecule has 1 aromatic carbocycles. The summed E-state index contributed by atoms with van der Waals surface area (Å²) in [4.78, 5) is 46.9. The van der Waals surface area contributed by atoms with E-state index in [1.807, 2.05) is 23.1 Å². The number of pyridine rings is 1. The molecule has 5 rings (SSSR count). The zero-order valence-corrected chi connectivity index (χ0v) is 19.1. The van der Waals surface area contributed by atoms with Crippen molar-refractivity contribution in [2.24, 2.45) is 5.41 Å². The minimum absolute atomic E-state index is 0.122. The Labute approximate surface area is 195 Å². The van der Waals surface area contributed by atoms with Gasteiger partial charge in [-0.25, -0.2) is 0 Å². The third kappa shape index (κ3) is 3.86. The van der Waals surface area contributed by atoms with E-state index in [-0.39, 0.29) is 29.7 Å². The Bertz CT molecular complexity index is 1180. The summed E-state index contributed by atoms with van der Waals surface area (Å²) >= 11 is 1.53. The van der Waals surface area contributed by atoms with E-state index in [0.717, 1.165) is 37.3 Å². The summed E-state index contributed by atoms with van der Waals surface area (Å²) in [5, 5.41) is 12.6. The zero-order chi connectivity index (χ0) is 23.2. The molecule has 2 aromatic rings. The van der Waals surface area contributed by atoms with E-state index >= 15 is 0 Å². The lowest BCUT2D eigenvalue weighted by Gasteiger charge is -2.60. The van der Waals surface area contributed by atoms with E-state index < -0.39 is 6.04 Å². The maximum Gasteiger partial charge on any atom is 0.252 e. The highest BCUT2D eigenvalue weighted by Crippen LogP contribution is 2.42. The van der Waals surface area contributed by atoms with Gasteiger partial charge in [0.15, 0.2) is 0 Å². The SMILES string of the molecule is CC(=O)N1CC2(C1)CN(c1ccc3nccc(C(=O)NCC(=O)N4CSC[C@H]4C#N)c3c1)C2. The Morgan fingerprint density at radius 3 is 2.76 bits per heavy atom. The summed E-state index contributed by atoms with van der Waals surface area (Å²) in [7, 11) is 0. The van der Waals surface area contributed by atoms with E-state index in [9.17, 15) is 19.6 Å². The monoisotopic (exact) mass is 464 g/mol. The van der Waals surface area contributed by atoms with Gasteiger partial charge >= 0.3 is 0 Å². The number of amides is 3. The third-order valence-corrected chi connectivity index (χ3v) is 7.65. The van der Waals surface area contributed by atoms with Gasteiger partial charge in [-0.05, 0) is 24.3 Å². The molecule has 3 aliphatic rings. The van der Waals surface area contributed by atoms with Gasteiger partial charge in [0.05, 0.1) is 29.6 Å². The van der Waals surface area contributed by atoms with Gasteiger partial charge in [0.25, 0.3) is 5.91 Å². The lowest BCUT2D eigenvalue weighted by atomic mass is 9.72. The molecule has 1 atom stereocenters. The summed E-state index contributed by atoms with van der Waals surface area (Å²) in [5.41, 5.74) is 2.37. The van der Waals surface area contributed by atoms with Gasteiger partial charge in [-0.1, -0.05) is 0 Å². The Morgan fingerprint density at radius 1 is 1.24 bits per heavy atom. The largest absolute Gasteiger partial charge is 0.370 e. The predicted molar refractivity (Wildman–Crippen MR) is 125 cm³/mol. The van der Waals surface area contributed by atoms with Crippen LogP contribution in [-0.2, 0) is 9.59 Å². The average Bonchev–Trinajstić information content (AvgIpc) is 3.23. The fraction of sp³-hybridized carbons (Fsp3) is 0.435. The number of nitriles is 1. The number of thioether (sulfide) groups is 1. The number of hydrogen-bond acceptors (Lipinski definition) is 7. The molecule has 1 spiro atoms. The Balaban J connectivity index is 1.27. The van der Waals surface area contributed by atoms with Gasteiger partial charge < -0.3 is 20.0 Å². The number of nitrogens with one attached hydrogen (secondary N) is 1. The molecule has 170 valence electrons. The average molecular weight is 465 g/mol. The first-order chi connectivity index (χ1) is 15.9. The van der Waals surface area contributed by atoms with Crippen LogP contribution in [0.4, 0.5) is 5.69 Å². The predicted octanol–water partition coefficient (Wildman–Crippen LogP) is 1.06. The van der Waals surface area contributed by atoms with E-state index in [2.05, 4.69) is 21.3 Å². The molecule has 0 unspecified atom stereocenters. The van der Waals surface area contributed by atoms with Crippen LogP contribution < -0.4 is 10.2 Å². The van der Waals surface area contributed by atoms with E-state index in [0.29, 0.717) is 22.7 Å². The van der Waals surface area contributed by atoms with Crippen molar-refractivity contribution < 1.29 is 14.4 Å². The van der Waals surface area contributed by atoms with Gasteiger partial charge in [-0.2, -0.15) is 5.26 Å². The maximum absolute atomic E-state index is 12.9. The van der Waals surface area contributed by atoms with Crippen LogP contribution in [0.15, 0.2) is 30.5 Å². The number of benzene rings is 1. The number of carbonyl (C=O) groups excluding carboxylic acids is 3. The fourth-order valence-electron chi connectivity index (χ4n) is 4.81. The number of anilines is 1. The molecule has 0 aliphatic carbocycles. The molecule has 0 saturated carbocycles. The highest BCUT2D eigenvalue weighted by molar-refractivity contribution is 7.99. The standard InChI is InChI=1S/C23H24N6O3S/c1-15(30)27-10-23(11-27)12-28(13-23)16-2-3-20-19(6-16)18(4-5-25-20)22(32)26-8-21(31)29-14-33-9-17(29)7-24/h2-6,17H,8-14H2,1H3,(H,26,32)/t17-/m1/s1. The molecule has 4 heterocycles. The van der Waals surface area contributed by atoms with Crippen molar-refractivity contribution in [1.29, 1.82) is 5.26 Å². The quantitative estimate of drug-likeness (QED) is 0.720. The highest BCUT2D eigenvalue weighted by atomic mass is 32.2. The second kappa shape index (κ2) is 8.23. The lowest BCUT2D eigenvalue weighted by molar-refractivity contribution is -0.142. The van der Waals surface area contributed by atoms with E-state index in [4.69, 9.17) is 0 Å². The Hall–Kier alpha value is -3.32. The molecular formula is C23H24N6O3S. The van der Waals surface area contributed by atoms with Crippen LogP contribution in [0.5, 0.6) is 0 Å². The van der Waals surface area contributed by atoms with E-state index in [1.54, 1.807) is 19.2 Å². The van der Waals surface area contributed by atoms with Crippen molar-refractivity contribution in [2.45, 2.75) is 13.0 Å². The maximum atomic E-state index is 12.9. The summed E-state index contributed by atoms with van der Waals surface area (Å²) in [6, 6.07) is 9.21. The number of likely N-dealkylation sites (tertiary alicyclic amines) is 1. The fourth-order valence-corrected chi connectivity index (χ4v) is 5.91. The van der Waals surface area contributed by atoms with Crippen LogP contribution in [0.1, 0.15) is 17.3 Å². The molecule has 10 heteroatoms. The van der Waals surface area contributed by atoms with Crippen LogP contribution in [0.3, 0.4) is 0 Å². The minimum atomic E-state index is -0.443. The third-order valence-electron chi connectivity index (χ3n) is 6.64. The van der Waals surface area contributed by atoms with Gasteiger partial charge in [-0.3, -0.25) is 19.4 Å². The Morgan fingerprint density at radius 2 is 2.03 bits per heavy atom. The molecule has 0 bridgehead atoms. The summed E-state index contributed by atoms with van der Waals surface area (Å²) in [5.74, 6) is 0.583. The van der Waals surface area contributed by atoms with Crippen molar-refractivity contribution in [1.82, 2.24) is 20.1 Å². The normalized spacial score (nSPS) is 20.8. The van der Waals surface area contributed by atoms with Crippen molar-refractivity contribution in [3.05, 3.63) is 36.0 Å².